The maximum absolute atomic E-state index is 13.1. The first-order valence-electron chi connectivity index (χ1n) is 8.69. The number of carbonyl (C=O) groups excluding carboxylic acids is 1. The van der Waals surface area contributed by atoms with Crippen LogP contribution in [0.25, 0.3) is 0 Å². The quantitative estimate of drug-likeness (QED) is 0.660. The van der Waals surface area contributed by atoms with E-state index in [4.69, 9.17) is 4.74 Å². The Morgan fingerprint density at radius 3 is 2.52 bits per heavy atom. The largest absolute Gasteiger partial charge is 0.494 e. The molecular weight excluding hydrogens is 317 g/mol. The highest BCUT2D eigenvalue weighted by Gasteiger charge is 2.17. The molecule has 0 bridgehead atoms. The van der Waals surface area contributed by atoms with Gasteiger partial charge in [-0.2, -0.15) is 0 Å². The Bertz CT molecular complexity index is 695. The first-order valence-corrected chi connectivity index (χ1v) is 8.69. The Morgan fingerprint density at radius 2 is 1.88 bits per heavy atom. The van der Waals surface area contributed by atoms with Gasteiger partial charge in [-0.3, -0.25) is 4.79 Å². The van der Waals surface area contributed by atoms with Gasteiger partial charge in [-0.25, -0.2) is 4.39 Å². The van der Waals surface area contributed by atoms with E-state index in [9.17, 15) is 9.18 Å². The molecule has 0 spiro atoms. The van der Waals surface area contributed by atoms with Crippen LogP contribution >= 0.6 is 0 Å². The lowest BCUT2D eigenvalue weighted by Gasteiger charge is -2.23. The molecule has 25 heavy (non-hydrogen) atoms. The van der Waals surface area contributed by atoms with Crippen LogP contribution in [0.5, 0.6) is 5.75 Å². The maximum atomic E-state index is 13.1. The molecule has 0 radical (unpaired) electrons. The summed E-state index contributed by atoms with van der Waals surface area (Å²) in [6, 6.07) is 14.0. The number of rotatable bonds is 8. The topological polar surface area (TPSA) is 38.3 Å². The second-order valence-corrected chi connectivity index (χ2v) is 6.77. The number of halogens is 1. The molecule has 2 rings (SSSR count). The van der Waals surface area contributed by atoms with Crippen molar-refractivity contribution < 1.29 is 13.9 Å². The van der Waals surface area contributed by atoms with Crippen molar-refractivity contribution in [1.29, 1.82) is 0 Å². The van der Waals surface area contributed by atoms with E-state index in [1.807, 2.05) is 12.1 Å². The zero-order valence-electron chi connectivity index (χ0n) is 15.1. The summed E-state index contributed by atoms with van der Waals surface area (Å²) in [6.07, 6.45) is 2.01. The van der Waals surface area contributed by atoms with E-state index in [2.05, 4.69) is 38.2 Å². The molecule has 134 valence electrons. The number of hydrogen-bond donors (Lipinski definition) is 1. The van der Waals surface area contributed by atoms with E-state index >= 15 is 0 Å². The third-order valence-corrected chi connectivity index (χ3v) is 4.44. The van der Waals surface area contributed by atoms with Crippen LogP contribution in [-0.4, -0.2) is 12.5 Å². The summed E-state index contributed by atoms with van der Waals surface area (Å²) < 4.78 is 18.8. The van der Waals surface area contributed by atoms with Gasteiger partial charge in [-0.1, -0.05) is 39.0 Å². The lowest BCUT2D eigenvalue weighted by Crippen LogP contribution is -2.15. The lowest BCUT2D eigenvalue weighted by molar-refractivity contribution is -0.116. The molecule has 0 aliphatic carbocycles. The minimum atomic E-state index is -0.365. The zero-order chi connectivity index (χ0) is 18.3. The van der Waals surface area contributed by atoms with Crippen LogP contribution in [0, 0.1) is 5.82 Å². The number of anilines is 1. The summed E-state index contributed by atoms with van der Waals surface area (Å²) >= 11 is 0. The second kappa shape index (κ2) is 8.65. The van der Waals surface area contributed by atoms with Crippen molar-refractivity contribution in [3.8, 4) is 5.75 Å². The third-order valence-electron chi connectivity index (χ3n) is 4.44. The predicted octanol–water partition coefficient (Wildman–Crippen LogP) is 5.31. The third kappa shape index (κ3) is 5.89. The Balaban J connectivity index is 1.73. The van der Waals surface area contributed by atoms with Crippen molar-refractivity contribution in [1.82, 2.24) is 0 Å². The van der Waals surface area contributed by atoms with E-state index < -0.39 is 0 Å². The summed E-state index contributed by atoms with van der Waals surface area (Å²) in [5, 5.41) is 2.68. The molecule has 0 saturated heterocycles. The summed E-state index contributed by atoms with van der Waals surface area (Å²) in [6.45, 7) is 7.09. The summed E-state index contributed by atoms with van der Waals surface area (Å²) in [5.74, 6) is 0.297. The minimum Gasteiger partial charge on any atom is -0.494 e. The first kappa shape index (κ1) is 19.0. The van der Waals surface area contributed by atoms with Gasteiger partial charge in [0.15, 0.2) is 0 Å². The average molecular weight is 343 g/mol. The first-order chi connectivity index (χ1) is 11.9. The molecule has 0 fully saturated rings. The van der Waals surface area contributed by atoms with E-state index in [0.29, 0.717) is 25.1 Å². The summed E-state index contributed by atoms with van der Waals surface area (Å²) in [4.78, 5) is 11.8. The molecule has 0 heterocycles. The van der Waals surface area contributed by atoms with Crippen molar-refractivity contribution in [3.05, 3.63) is 59.9 Å². The maximum Gasteiger partial charge on any atom is 0.224 e. The molecule has 0 atom stereocenters. The Kier molecular flexibility index (Phi) is 6.57. The van der Waals surface area contributed by atoms with Crippen molar-refractivity contribution in [2.24, 2.45) is 0 Å². The average Bonchev–Trinajstić information content (AvgIpc) is 2.59. The SMILES string of the molecule is CCC(C)(C)c1ccc(OCCCC(=O)Nc2cccc(F)c2)cc1. The predicted molar refractivity (Wildman–Crippen MR) is 99.5 cm³/mol. The van der Waals surface area contributed by atoms with Gasteiger partial charge in [-0.15, -0.1) is 0 Å². The fraction of sp³-hybridized carbons (Fsp3) is 0.381. The summed E-state index contributed by atoms with van der Waals surface area (Å²) in [7, 11) is 0. The standard InChI is InChI=1S/C21H26FNO2/c1-4-21(2,3)16-10-12-19(13-11-16)25-14-6-9-20(24)23-18-8-5-7-17(22)15-18/h5,7-8,10-13,15H,4,6,9,14H2,1-3H3,(H,23,24). The Morgan fingerprint density at radius 1 is 1.16 bits per heavy atom. The van der Waals surface area contributed by atoms with Crippen molar-refractivity contribution in [2.75, 3.05) is 11.9 Å². The molecule has 2 aromatic carbocycles. The fourth-order valence-corrected chi connectivity index (χ4v) is 2.42. The van der Waals surface area contributed by atoms with E-state index in [-0.39, 0.29) is 17.1 Å². The number of ether oxygens (including phenoxy) is 1. The van der Waals surface area contributed by atoms with Crippen LogP contribution in [0.4, 0.5) is 10.1 Å². The van der Waals surface area contributed by atoms with Crippen LogP contribution in [0.1, 0.15) is 45.6 Å². The van der Waals surface area contributed by atoms with Crippen LogP contribution in [0.2, 0.25) is 0 Å². The minimum absolute atomic E-state index is 0.144. The molecule has 1 N–H and O–H groups in total. The van der Waals surface area contributed by atoms with Gasteiger partial charge < -0.3 is 10.1 Å². The van der Waals surface area contributed by atoms with E-state index in [1.165, 1.54) is 17.7 Å². The van der Waals surface area contributed by atoms with Crippen LogP contribution in [0.15, 0.2) is 48.5 Å². The van der Waals surface area contributed by atoms with E-state index in [0.717, 1.165) is 12.2 Å². The van der Waals surface area contributed by atoms with Crippen LogP contribution < -0.4 is 10.1 Å². The highest BCUT2D eigenvalue weighted by Crippen LogP contribution is 2.28. The van der Waals surface area contributed by atoms with Gasteiger partial charge >= 0.3 is 0 Å². The smallest absolute Gasteiger partial charge is 0.224 e. The second-order valence-electron chi connectivity index (χ2n) is 6.77. The van der Waals surface area contributed by atoms with Gasteiger partial charge in [0.1, 0.15) is 11.6 Å². The molecule has 0 aromatic heterocycles. The molecule has 4 heteroatoms. The number of benzene rings is 2. The van der Waals surface area contributed by atoms with Crippen LogP contribution in [0.3, 0.4) is 0 Å². The lowest BCUT2D eigenvalue weighted by atomic mass is 9.82. The monoisotopic (exact) mass is 343 g/mol. The molecule has 2 aromatic rings. The van der Waals surface area contributed by atoms with Crippen molar-refractivity contribution in [2.45, 2.75) is 45.4 Å². The van der Waals surface area contributed by atoms with E-state index in [1.54, 1.807) is 12.1 Å². The van der Waals surface area contributed by atoms with Gasteiger partial charge in [0, 0.05) is 12.1 Å². The Hall–Kier alpha value is -2.36. The van der Waals surface area contributed by atoms with Gasteiger partial charge in [-0.05, 0) is 54.2 Å². The number of amides is 1. The van der Waals surface area contributed by atoms with Gasteiger partial charge in [0.2, 0.25) is 5.91 Å². The Labute approximate surface area is 149 Å². The molecule has 0 saturated carbocycles. The highest BCUT2D eigenvalue weighted by molar-refractivity contribution is 5.90. The number of nitrogens with one attached hydrogen (secondary N) is 1. The zero-order valence-corrected chi connectivity index (χ0v) is 15.1. The molecule has 0 aliphatic heterocycles. The van der Waals surface area contributed by atoms with Gasteiger partial charge in [0.05, 0.1) is 6.61 Å². The molecule has 1 amide bonds. The highest BCUT2D eigenvalue weighted by atomic mass is 19.1. The molecule has 0 unspecified atom stereocenters. The van der Waals surface area contributed by atoms with Crippen molar-refractivity contribution in [3.63, 3.8) is 0 Å². The van der Waals surface area contributed by atoms with Gasteiger partial charge in [0.25, 0.3) is 0 Å². The normalized spacial score (nSPS) is 11.2. The van der Waals surface area contributed by atoms with Crippen LogP contribution in [-0.2, 0) is 10.2 Å². The molecule has 0 aliphatic rings. The van der Waals surface area contributed by atoms with Crippen molar-refractivity contribution >= 4 is 11.6 Å². The summed E-state index contributed by atoms with van der Waals surface area (Å²) in [5.41, 5.74) is 1.92. The number of carbonyl (C=O) groups is 1. The molecule has 3 nitrogen and oxygen atoms in total. The fourth-order valence-electron chi connectivity index (χ4n) is 2.42. The molecular formula is C21H26FNO2. The number of hydrogen-bond acceptors (Lipinski definition) is 2.